The average molecular weight is 742 g/mol. The van der Waals surface area contributed by atoms with Crippen molar-refractivity contribution in [3.8, 4) is 0 Å². The summed E-state index contributed by atoms with van der Waals surface area (Å²) in [7, 11) is 0. The number of hydrogen-bond acceptors (Lipinski definition) is 0. The fraction of sp³-hybridized carbons (Fsp3) is 0.765. The summed E-state index contributed by atoms with van der Waals surface area (Å²) in [5.74, 6) is -6.23. The van der Waals surface area contributed by atoms with E-state index in [0.717, 1.165) is 0 Å². The van der Waals surface area contributed by atoms with Crippen molar-refractivity contribution in [2.75, 3.05) is 0 Å². The molecule has 0 aromatic carbocycles. The standard InChI is InChI=1S/C10H3F17.C7H3F11/c1-2(6(13,14)15)3(4(11,7(16,17)18)8(19,20)21)5(12,9(22,23)24)10(25,26)27;1-2(4(8,9)7(16,17)18)3(5(10,11)12)6(13,14)15/h1H3;1H3. The Balaban J connectivity index is 0. The maximum Gasteiger partial charge on any atom is 0.457 e. The van der Waals surface area contributed by atoms with Crippen molar-refractivity contribution in [2.24, 2.45) is 0 Å². The SMILES string of the molecule is CC(=C(C(F)(C(F)(F)F)C(F)(F)F)C(F)(C(F)(F)F)C(F)(F)F)C(F)(F)F.CC(=C(C(F)(F)F)C(F)(F)F)C(F)(F)C(F)(F)F. The topological polar surface area (TPSA) is 0 Å². The highest BCUT2D eigenvalue weighted by molar-refractivity contribution is 5.41. The molecular formula is C17H6F28. The Kier molecular flexibility index (Phi) is 11.9. The maximum atomic E-state index is 13.8. The van der Waals surface area contributed by atoms with Crippen LogP contribution in [0.25, 0.3) is 0 Å². The second-order valence-corrected chi connectivity index (χ2v) is 7.87. The lowest BCUT2D eigenvalue weighted by atomic mass is 9.77. The summed E-state index contributed by atoms with van der Waals surface area (Å²) in [5, 5.41) is 0. The highest BCUT2D eigenvalue weighted by Crippen LogP contribution is 2.62. The number of rotatable bonds is 3. The van der Waals surface area contributed by atoms with E-state index in [1.165, 1.54) is 0 Å². The highest BCUT2D eigenvalue weighted by atomic mass is 19.5. The molecule has 0 aliphatic carbocycles. The van der Waals surface area contributed by atoms with Gasteiger partial charge in [0, 0.05) is 16.7 Å². The van der Waals surface area contributed by atoms with E-state index in [1.807, 2.05) is 0 Å². The molecular weight excluding hydrogens is 736 g/mol. The van der Waals surface area contributed by atoms with Crippen LogP contribution in [-0.4, -0.2) is 66.7 Å². The molecule has 0 unspecified atom stereocenters. The molecule has 270 valence electrons. The van der Waals surface area contributed by atoms with E-state index in [1.54, 1.807) is 0 Å². The van der Waals surface area contributed by atoms with Crippen LogP contribution in [0, 0.1) is 0 Å². The van der Waals surface area contributed by atoms with Gasteiger partial charge in [-0.05, 0) is 13.8 Å². The van der Waals surface area contributed by atoms with E-state index in [9.17, 15) is 123 Å². The largest absolute Gasteiger partial charge is 0.457 e. The first kappa shape index (κ1) is 44.6. The van der Waals surface area contributed by atoms with Crippen molar-refractivity contribution in [3.05, 3.63) is 22.3 Å². The van der Waals surface area contributed by atoms with Gasteiger partial charge in [-0.2, -0.15) is 114 Å². The first-order valence-electron chi connectivity index (χ1n) is 9.54. The zero-order valence-corrected chi connectivity index (χ0v) is 20.1. The molecule has 0 aliphatic rings. The molecule has 0 heterocycles. The van der Waals surface area contributed by atoms with E-state index in [0.29, 0.717) is 0 Å². The molecule has 0 fully saturated rings. The molecule has 0 atom stereocenters. The van der Waals surface area contributed by atoms with Crippen molar-refractivity contribution >= 4 is 0 Å². The summed E-state index contributed by atoms with van der Waals surface area (Å²) < 4.78 is 346. The van der Waals surface area contributed by atoms with Gasteiger partial charge in [0.25, 0.3) is 0 Å². The predicted octanol–water partition coefficient (Wildman–Crippen LogP) is 11.2. The quantitative estimate of drug-likeness (QED) is 0.200. The minimum absolute atomic E-state index is 0.566. The monoisotopic (exact) mass is 742 g/mol. The molecule has 0 nitrogen and oxygen atoms in total. The molecule has 0 radical (unpaired) electrons. The van der Waals surface area contributed by atoms with Gasteiger partial charge in [-0.15, -0.1) is 0 Å². The number of allylic oxidation sites excluding steroid dienone is 4. The second-order valence-electron chi connectivity index (χ2n) is 7.87. The van der Waals surface area contributed by atoms with Gasteiger partial charge < -0.3 is 0 Å². The summed E-state index contributed by atoms with van der Waals surface area (Å²) in [5.41, 5.74) is -32.3. The molecule has 0 saturated carbocycles. The third kappa shape index (κ3) is 8.66. The molecule has 0 saturated heterocycles. The molecule has 0 aromatic rings. The lowest BCUT2D eigenvalue weighted by Gasteiger charge is -2.41. The Labute approximate surface area is 227 Å². The van der Waals surface area contributed by atoms with Crippen LogP contribution in [-0.2, 0) is 0 Å². The predicted molar refractivity (Wildman–Crippen MR) is 86.5 cm³/mol. The third-order valence-corrected chi connectivity index (χ3v) is 4.82. The van der Waals surface area contributed by atoms with Crippen LogP contribution in [0.2, 0.25) is 0 Å². The Hall–Kier alpha value is -2.48. The smallest absolute Gasteiger partial charge is 0.218 e. The minimum Gasteiger partial charge on any atom is -0.218 e. The summed E-state index contributed by atoms with van der Waals surface area (Å²) in [6, 6.07) is 0. The van der Waals surface area contributed by atoms with E-state index < -0.39 is 103 Å². The van der Waals surface area contributed by atoms with Crippen LogP contribution < -0.4 is 0 Å². The van der Waals surface area contributed by atoms with Crippen molar-refractivity contribution in [2.45, 2.75) is 80.5 Å². The van der Waals surface area contributed by atoms with Gasteiger partial charge in [0.1, 0.15) is 5.57 Å². The van der Waals surface area contributed by atoms with Crippen LogP contribution in [0.1, 0.15) is 13.8 Å². The summed E-state index contributed by atoms with van der Waals surface area (Å²) >= 11 is 0. The van der Waals surface area contributed by atoms with Gasteiger partial charge in [0.2, 0.25) is 0 Å². The van der Waals surface area contributed by atoms with Gasteiger partial charge >= 0.3 is 66.7 Å². The summed E-state index contributed by atoms with van der Waals surface area (Å²) in [6.45, 7) is -1.75. The Morgan fingerprint density at radius 2 is 0.489 bits per heavy atom. The van der Waals surface area contributed by atoms with Crippen molar-refractivity contribution in [1.82, 2.24) is 0 Å². The molecule has 0 rings (SSSR count). The van der Waals surface area contributed by atoms with Gasteiger partial charge in [-0.1, -0.05) is 0 Å². The van der Waals surface area contributed by atoms with Crippen molar-refractivity contribution < 1.29 is 123 Å². The first-order valence-corrected chi connectivity index (χ1v) is 9.54. The van der Waals surface area contributed by atoms with Crippen molar-refractivity contribution in [1.29, 1.82) is 0 Å². The Morgan fingerprint density at radius 1 is 0.267 bits per heavy atom. The lowest BCUT2D eigenvalue weighted by Crippen LogP contribution is -2.66. The minimum atomic E-state index is -7.99. The Bertz CT molecular complexity index is 996. The van der Waals surface area contributed by atoms with E-state index in [4.69, 9.17) is 0 Å². The van der Waals surface area contributed by atoms with E-state index in [-0.39, 0.29) is 0 Å². The highest BCUT2D eigenvalue weighted by Gasteiger charge is 2.87. The Morgan fingerprint density at radius 3 is 0.622 bits per heavy atom. The van der Waals surface area contributed by atoms with Gasteiger partial charge in [-0.25, -0.2) is 8.78 Å². The maximum absolute atomic E-state index is 13.8. The summed E-state index contributed by atoms with van der Waals surface area (Å²) in [6.07, 6.45) is -57.7. The molecule has 0 bridgehead atoms. The molecule has 0 aliphatic heterocycles. The van der Waals surface area contributed by atoms with Crippen LogP contribution in [0.4, 0.5) is 123 Å². The van der Waals surface area contributed by atoms with Crippen LogP contribution in [0.5, 0.6) is 0 Å². The van der Waals surface area contributed by atoms with E-state index in [2.05, 4.69) is 0 Å². The molecule has 0 N–H and O–H groups in total. The van der Waals surface area contributed by atoms with Gasteiger partial charge in [0.15, 0.2) is 0 Å². The fourth-order valence-electron chi connectivity index (χ4n) is 2.74. The van der Waals surface area contributed by atoms with E-state index >= 15 is 0 Å². The first-order chi connectivity index (χ1) is 18.8. The molecule has 0 aromatic heterocycles. The molecule has 28 heteroatoms. The van der Waals surface area contributed by atoms with Crippen LogP contribution in [0.15, 0.2) is 22.3 Å². The molecule has 0 amide bonds. The average Bonchev–Trinajstić information content (AvgIpc) is 2.66. The lowest BCUT2D eigenvalue weighted by molar-refractivity contribution is -0.365. The number of hydrogen-bond donors (Lipinski definition) is 0. The summed E-state index contributed by atoms with van der Waals surface area (Å²) in [4.78, 5) is 0. The number of alkyl halides is 28. The zero-order valence-electron chi connectivity index (χ0n) is 20.1. The van der Waals surface area contributed by atoms with Crippen molar-refractivity contribution in [3.63, 3.8) is 0 Å². The normalized spacial score (nSPS) is 15.3. The zero-order chi connectivity index (χ0) is 37.8. The van der Waals surface area contributed by atoms with Gasteiger partial charge in [0.05, 0.1) is 0 Å². The molecule has 0 spiro atoms. The van der Waals surface area contributed by atoms with Crippen LogP contribution >= 0.6 is 0 Å². The third-order valence-electron chi connectivity index (χ3n) is 4.82. The fourth-order valence-corrected chi connectivity index (χ4v) is 2.74. The van der Waals surface area contributed by atoms with Crippen LogP contribution in [0.3, 0.4) is 0 Å². The second kappa shape index (κ2) is 12.0. The van der Waals surface area contributed by atoms with Gasteiger partial charge in [-0.3, -0.25) is 0 Å². The molecule has 45 heavy (non-hydrogen) atoms. The number of halogens is 28.